The Morgan fingerprint density at radius 3 is 2.21 bits per heavy atom. The van der Waals surface area contributed by atoms with Crippen LogP contribution in [0.1, 0.15) is 31.9 Å². The Bertz CT molecular complexity index is 1670. The molecule has 1 amide bonds. The molecule has 0 radical (unpaired) electrons. The van der Waals surface area contributed by atoms with E-state index in [-0.39, 0.29) is 24.0 Å². The monoisotopic (exact) mass is 606 g/mol. The molecule has 0 atom stereocenters. The largest absolute Gasteiger partial charge is 0.444 e. The van der Waals surface area contributed by atoms with Crippen molar-refractivity contribution in [1.29, 1.82) is 0 Å². The number of aliphatic hydroxyl groups is 1. The third-order valence-electron chi connectivity index (χ3n) is 5.83. The molecule has 3 N–H and O–H groups in total. The predicted molar refractivity (Wildman–Crippen MR) is 163 cm³/mol. The van der Waals surface area contributed by atoms with Gasteiger partial charge in [-0.1, -0.05) is 66.2 Å². The molecule has 0 aliphatic rings. The molecular weight excluding hydrogens is 576 g/mol. The van der Waals surface area contributed by atoms with Crippen molar-refractivity contribution in [2.75, 3.05) is 0 Å². The Morgan fingerprint density at radius 1 is 0.952 bits per heavy atom. The number of aliphatic imine (C=N–C) groups is 1. The van der Waals surface area contributed by atoms with Crippen molar-refractivity contribution in [3.05, 3.63) is 107 Å². The van der Waals surface area contributed by atoms with Crippen molar-refractivity contribution in [2.45, 2.75) is 44.4 Å². The minimum atomic E-state index is -4.05. The third-order valence-corrected chi connectivity index (χ3v) is 7.44. The standard InChI is InChI=1S/C31H31ClN4O5S/c1-31(2,3)41-30(38)35-29(36-42(39,40)26-7-5-4-6-8-26)34-19-22-17-27(23-13-15-25(32)16-14-23)28(33-18-22)24-11-9-21(20-37)10-12-24/h4-18,37H,19-20H2,1-3H3,(H2,34,35,36,38). The zero-order valence-corrected chi connectivity index (χ0v) is 24.9. The van der Waals surface area contributed by atoms with Crippen LogP contribution in [0.5, 0.6) is 0 Å². The topological polar surface area (TPSA) is 130 Å². The van der Waals surface area contributed by atoms with Gasteiger partial charge < -0.3 is 9.84 Å². The number of pyridine rings is 1. The van der Waals surface area contributed by atoms with Crippen molar-refractivity contribution in [3.8, 4) is 22.4 Å². The molecule has 0 fully saturated rings. The second-order valence-electron chi connectivity index (χ2n) is 10.3. The number of guanidine groups is 1. The SMILES string of the molecule is CC(C)(C)OC(=O)NC(=NCc1cnc(-c2ccc(CO)cc2)c(-c2ccc(Cl)cc2)c1)NS(=O)(=O)c1ccccc1. The zero-order chi connectivity index (χ0) is 30.3. The van der Waals surface area contributed by atoms with Gasteiger partial charge in [-0.3, -0.25) is 10.3 Å². The van der Waals surface area contributed by atoms with Gasteiger partial charge in [-0.15, -0.1) is 0 Å². The van der Waals surface area contributed by atoms with Crippen molar-refractivity contribution < 1.29 is 23.1 Å². The molecule has 0 saturated carbocycles. The predicted octanol–water partition coefficient (Wildman–Crippen LogP) is 5.92. The van der Waals surface area contributed by atoms with E-state index >= 15 is 0 Å². The Labute approximate surface area is 250 Å². The van der Waals surface area contributed by atoms with E-state index in [1.54, 1.807) is 57.3 Å². The van der Waals surface area contributed by atoms with E-state index in [4.69, 9.17) is 21.3 Å². The maximum Gasteiger partial charge on any atom is 0.414 e. The number of carbonyl (C=O) groups is 1. The highest BCUT2D eigenvalue weighted by Gasteiger charge is 2.21. The van der Waals surface area contributed by atoms with Crippen LogP contribution in [-0.4, -0.2) is 36.2 Å². The second-order valence-corrected chi connectivity index (χ2v) is 12.4. The number of halogens is 1. The number of amides is 1. The summed E-state index contributed by atoms with van der Waals surface area (Å²) >= 11 is 6.13. The molecule has 0 bridgehead atoms. The molecule has 4 aromatic rings. The lowest BCUT2D eigenvalue weighted by Crippen LogP contribution is -2.45. The zero-order valence-electron chi connectivity index (χ0n) is 23.3. The van der Waals surface area contributed by atoms with Crippen LogP contribution in [0.3, 0.4) is 0 Å². The van der Waals surface area contributed by atoms with E-state index in [1.165, 1.54) is 12.1 Å². The van der Waals surface area contributed by atoms with E-state index in [1.807, 2.05) is 42.5 Å². The lowest BCUT2D eigenvalue weighted by molar-refractivity contribution is 0.0562. The molecule has 218 valence electrons. The molecule has 0 saturated heterocycles. The molecule has 11 heteroatoms. The number of nitrogens with zero attached hydrogens (tertiary/aromatic N) is 2. The van der Waals surface area contributed by atoms with Gasteiger partial charge >= 0.3 is 6.09 Å². The number of sulfonamides is 1. The number of ether oxygens (including phenoxy) is 1. The normalized spacial score (nSPS) is 12.1. The molecule has 9 nitrogen and oxygen atoms in total. The average molecular weight is 607 g/mol. The molecule has 0 aliphatic carbocycles. The first-order valence-corrected chi connectivity index (χ1v) is 14.9. The van der Waals surface area contributed by atoms with Gasteiger partial charge in [0.1, 0.15) is 5.60 Å². The summed E-state index contributed by atoms with van der Waals surface area (Å²) < 4.78 is 33.7. The molecule has 3 aromatic carbocycles. The van der Waals surface area contributed by atoms with Crippen LogP contribution in [0.4, 0.5) is 4.79 Å². The Hall–Kier alpha value is -4.25. The summed E-state index contributed by atoms with van der Waals surface area (Å²) in [5.74, 6) is -0.301. The van der Waals surface area contributed by atoms with Crippen LogP contribution < -0.4 is 10.0 Å². The lowest BCUT2D eigenvalue weighted by Gasteiger charge is -2.20. The fourth-order valence-corrected chi connectivity index (χ4v) is 5.03. The maximum absolute atomic E-state index is 13.0. The minimum Gasteiger partial charge on any atom is -0.444 e. The van der Waals surface area contributed by atoms with Gasteiger partial charge in [-0.05, 0) is 67.8 Å². The second kappa shape index (κ2) is 13.2. The van der Waals surface area contributed by atoms with Crippen LogP contribution in [-0.2, 0) is 27.9 Å². The third kappa shape index (κ3) is 8.39. The highest BCUT2D eigenvalue weighted by molar-refractivity contribution is 7.90. The number of aliphatic hydroxyl groups excluding tert-OH is 1. The molecule has 42 heavy (non-hydrogen) atoms. The van der Waals surface area contributed by atoms with Gasteiger partial charge in [-0.25, -0.2) is 22.9 Å². The summed E-state index contributed by atoms with van der Waals surface area (Å²) in [7, 11) is -4.05. The van der Waals surface area contributed by atoms with Crippen molar-refractivity contribution in [2.24, 2.45) is 4.99 Å². The van der Waals surface area contributed by atoms with Gasteiger partial charge in [0.05, 0.1) is 23.7 Å². The van der Waals surface area contributed by atoms with E-state index in [9.17, 15) is 18.3 Å². The van der Waals surface area contributed by atoms with Crippen LogP contribution in [0, 0.1) is 0 Å². The molecule has 4 rings (SSSR count). The van der Waals surface area contributed by atoms with Crippen molar-refractivity contribution >= 4 is 33.7 Å². The Balaban J connectivity index is 1.70. The smallest absolute Gasteiger partial charge is 0.414 e. The molecule has 0 unspecified atom stereocenters. The molecule has 0 spiro atoms. The summed E-state index contributed by atoms with van der Waals surface area (Å²) in [5, 5.41) is 12.4. The van der Waals surface area contributed by atoms with Crippen LogP contribution in [0.15, 0.2) is 101 Å². The van der Waals surface area contributed by atoms with E-state index in [0.29, 0.717) is 16.3 Å². The summed E-state index contributed by atoms with van der Waals surface area (Å²) in [6.07, 6.45) is 0.772. The van der Waals surface area contributed by atoms with Crippen molar-refractivity contribution in [3.63, 3.8) is 0 Å². The average Bonchev–Trinajstić information content (AvgIpc) is 2.95. The fourth-order valence-electron chi connectivity index (χ4n) is 3.90. The first kappa shape index (κ1) is 30.7. The Morgan fingerprint density at radius 2 is 1.60 bits per heavy atom. The number of carbonyl (C=O) groups excluding carboxylic acids is 1. The van der Waals surface area contributed by atoms with E-state index < -0.39 is 21.7 Å². The number of hydrogen-bond donors (Lipinski definition) is 3. The quantitative estimate of drug-likeness (QED) is 0.177. The van der Waals surface area contributed by atoms with Crippen LogP contribution >= 0.6 is 11.6 Å². The number of aromatic nitrogens is 1. The number of benzene rings is 3. The highest BCUT2D eigenvalue weighted by Crippen LogP contribution is 2.32. The van der Waals surface area contributed by atoms with Crippen LogP contribution in [0.2, 0.25) is 5.02 Å². The first-order chi connectivity index (χ1) is 19.9. The van der Waals surface area contributed by atoms with Gasteiger partial charge in [0.15, 0.2) is 0 Å². The molecule has 0 aliphatic heterocycles. The summed E-state index contributed by atoms with van der Waals surface area (Å²) in [4.78, 5) is 21.6. The molecule has 1 heterocycles. The van der Waals surface area contributed by atoms with Crippen molar-refractivity contribution in [1.82, 2.24) is 15.0 Å². The molecule has 1 aromatic heterocycles. The van der Waals surface area contributed by atoms with Gasteiger partial charge in [0.2, 0.25) is 5.96 Å². The number of hydrogen-bond acceptors (Lipinski definition) is 7. The summed E-state index contributed by atoms with van der Waals surface area (Å²) in [5.41, 5.74) is 3.81. The summed E-state index contributed by atoms with van der Waals surface area (Å²) in [6, 6.07) is 24.4. The molecular formula is C31H31ClN4O5S. The van der Waals surface area contributed by atoms with E-state index in [2.05, 4.69) is 15.0 Å². The lowest BCUT2D eigenvalue weighted by atomic mass is 9.97. The fraction of sp³-hybridized carbons (Fsp3) is 0.194. The minimum absolute atomic E-state index is 0.00643. The number of rotatable bonds is 7. The summed E-state index contributed by atoms with van der Waals surface area (Å²) in [6.45, 7) is 5.00. The van der Waals surface area contributed by atoms with E-state index in [0.717, 1.165) is 22.3 Å². The number of alkyl carbamates (subject to hydrolysis) is 1. The van der Waals surface area contributed by atoms with Gasteiger partial charge in [0, 0.05) is 22.3 Å². The first-order valence-electron chi connectivity index (χ1n) is 13.0. The van der Waals surface area contributed by atoms with Crippen LogP contribution in [0.25, 0.3) is 22.4 Å². The van der Waals surface area contributed by atoms with Gasteiger partial charge in [0.25, 0.3) is 10.0 Å². The maximum atomic E-state index is 13.0. The highest BCUT2D eigenvalue weighted by atomic mass is 35.5. The van der Waals surface area contributed by atoms with Gasteiger partial charge in [-0.2, -0.15) is 0 Å². The Kier molecular flexibility index (Phi) is 9.62. The number of nitrogens with one attached hydrogen (secondary N) is 2.